The van der Waals surface area contributed by atoms with Crippen LogP contribution < -0.4 is 5.32 Å². The van der Waals surface area contributed by atoms with Crippen LogP contribution in [-0.4, -0.2) is 80.5 Å². The monoisotopic (exact) mass is 371 g/mol. The van der Waals surface area contributed by atoms with Gasteiger partial charge in [0, 0.05) is 45.1 Å². The molecule has 1 fully saturated rings. The van der Waals surface area contributed by atoms with Crippen molar-refractivity contribution in [3.63, 3.8) is 0 Å². The predicted octanol–water partition coefficient (Wildman–Crippen LogP) is 0.236. The number of aryl methyl sites for hydroxylation is 1. The van der Waals surface area contributed by atoms with Gasteiger partial charge in [0.15, 0.2) is 5.96 Å². The molecular weight excluding hydrogens is 342 g/mol. The minimum atomic E-state index is -2.97. The van der Waals surface area contributed by atoms with E-state index < -0.39 is 9.84 Å². The number of hydrogen-bond donors (Lipinski definition) is 1. The second-order valence-electron chi connectivity index (χ2n) is 6.36. The highest BCUT2D eigenvalue weighted by atomic mass is 32.2. The number of sulfone groups is 1. The van der Waals surface area contributed by atoms with Crippen molar-refractivity contribution in [1.29, 1.82) is 0 Å². The van der Waals surface area contributed by atoms with E-state index in [-0.39, 0.29) is 12.4 Å². The van der Waals surface area contributed by atoms with Gasteiger partial charge in [0.05, 0.1) is 31.7 Å². The highest BCUT2D eigenvalue weighted by Crippen LogP contribution is 2.26. The Bertz CT molecular complexity index is 671. The van der Waals surface area contributed by atoms with E-state index in [4.69, 9.17) is 4.74 Å². The predicted molar refractivity (Wildman–Crippen MR) is 98.6 cm³/mol. The largest absolute Gasteiger partial charge is 0.378 e. The lowest BCUT2D eigenvalue weighted by molar-refractivity contribution is 0.157. The zero-order chi connectivity index (χ0) is 18.3. The molecule has 8 nitrogen and oxygen atoms in total. The smallest absolute Gasteiger partial charge is 0.194 e. The Balaban J connectivity index is 1.81. The number of guanidine groups is 1. The maximum absolute atomic E-state index is 11.1. The molecule has 1 saturated heterocycles. The molecule has 1 aromatic rings. The van der Waals surface area contributed by atoms with Crippen LogP contribution in [-0.2, 0) is 21.6 Å². The van der Waals surface area contributed by atoms with E-state index in [1.54, 1.807) is 0 Å². The lowest BCUT2D eigenvalue weighted by atomic mass is 10.0. The summed E-state index contributed by atoms with van der Waals surface area (Å²) in [4.78, 5) is 6.86. The second kappa shape index (κ2) is 9.19. The third-order valence-corrected chi connectivity index (χ3v) is 5.02. The van der Waals surface area contributed by atoms with E-state index in [1.165, 1.54) is 11.8 Å². The van der Waals surface area contributed by atoms with Crippen LogP contribution in [0.15, 0.2) is 17.4 Å². The van der Waals surface area contributed by atoms with Crippen molar-refractivity contribution in [2.45, 2.75) is 19.3 Å². The van der Waals surface area contributed by atoms with Crippen molar-refractivity contribution in [3.05, 3.63) is 18.0 Å². The Morgan fingerprint density at radius 1 is 1.48 bits per heavy atom. The average molecular weight is 372 g/mol. The third kappa shape index (κ3) is 6.66. The molecule has 0 bridgehead atoms. The van der Waals surface area contributed by atoms with Crippen LogP contribution >= 0.6 is 0 Å². The summed E-state index contributed by atoms with van der Waals surface area (Å²) >= 11 is 0. The molecule has 2 rings (SSSR count). The number of nitrogens with zero attached hydrogens (tertiary/aromatic N) is 4. The molecule has 25 heavy (non-hydrogen) atoms. The molecule has 1 unspecified atom stereocenters. The van der Waals surface area contributed by atoms with Gasteiger partial charge in [0.2, 0.25) is 0 Å². The molecule has 1 N–H and O–H groups in total. The van der Waals surface area contributed by atoms with Gasteiger partial charge in [-0.1, -0.05) is 0 Å². The first kappa shape index (κ1) is 19.7. The normalized spacial score (nSPS) is 18.8. The highest BCUT2D eigenvalue weighted by molar-refractivity contribution is 7.90. The Kier molecular flexibility index (Phi) is 7.24. The first-order valence-corrected chi connectivity index (χ1v) is 10.7. The Morgan fingerprint density at radius 3 is 2.92 bits per heavy atom. The average Bonchev–Trinajstić information content (AvgIpc) is 3.17. The lowest BCUT2D eigenvalue weighted by Gasteiger charge is -2.21. The lowest BCUT2D eigenvalue weighted by Crippen LogP contribution is -2.40. The van der Waals surface area contributed by atoms with Crippen molar-refractivity contribution in [3.8, 4) is 0 Å². The summed E-state index contributed by atoms with van der Waals surface area (Å²) in [6.45, 7) is 5.89. The molecule has 2 heterocycles. The van der Waals surface area contributed by atoms with E-state index >= 15 is 0 Å². The summed E-state index contributed by atoms with van der Waals surface area (Å²) in [5.74, 6) is 1.42. The highest BCUT2D eigenvalue weighted by Gasteiger charge is 2.26. The molecule has 0 spiro atoms. The Hall–Kier alpha value is -1.61. The van der Waals surface area contributed by atoms with Crippen molar-refractivity contribution in [2.24, 2.45) is 12.0 Å². The van der Waals surface area contributed by atoms with Crippen molar-refractivity contribution in [1.82, 2.24) is 20.0 Å². The first-order chi connectivity index (χ1) is 11.9. The molecule has 1 aromatic heterocycles. The van der Waals surface area contributed by atoms with Gasteiger partial charge in [-0.25, -0.2) is 8.42 Å². The maximum atomic E-state index is 11.1. The van der Waals surface area contributed by atoms with Gasteiger partial charge < -0.3 is 15.0 Å². The van der Waals surface area contributed by atoms with Crippen LogP contribution in [0.1, 0.15) is 24.8 Å². The minimum absolute atomic E-state index is 0.0513. The molecule has 0 amide bonds. The zero-order valence-electron chi connectivity index (χ0n) is 15.3. The van der Waals surface area contributed by atoms with Crippen LogP contribution in [0.5, 0.6) is 0 Å². The SMILES string of the molecule is CCNC(=NCCOCCS(C)(=O)=O)N1CCC(c2cnn(C)c2)C1. The van der Waals surface area contributed by atoms with Gasteiger partial charge in [0.25, 0.3) is 0 Å². The van der Waals surface area contributed by atoms with E-state index in [1.807, 2.05) is 24.9 Å². The first-order valence-electron chi connectivity index (χ1n) is 8.66. The molecule has 0 radical (unpaired) electrons. The van der Waals surface area contributed by atoms with Crippen LogP contribution in [0.4, 0.5) is 0 Å². The number of likely N-dealkylation sites (tertiary alicyclic amines) is 1. The van der Waals surface area contributed by atoms with Gasteiger partial charge in [-0.2, -0.15) is 5.10 Å². The summed E-state index contributed by atoms with van der Waals surface area (Å²) in [5, 5.41) is 7.58. The summed E-state index contributed by atoms with van der Waals surface area (Å²) < 4.78 is 29.3. The fourth-order valence-electron chi connectivity index (χ4n) is 2.83. The number of nitrogens with one attached hydrogen (secondary N) is 1. The van der Waals surface area contributed by atoms with E-state index in [2.05, 4.69) is 26.5 Å². The van der Waals surface area contributed by atoms with Crippen LogP contribution in [0.25, 0.3) is 0 Å². The Morgan fingerprint density at radius 2 is 2.28 bits per heavy atom. The van der Waals surface area contributed by atoms with Crippen LogP contribution in [0.3, 0.4) is 0 Å². The molecule has 1 aliphatic rings. The molecule has 9 heteroatoms. The van der Waals surface area contributed by atoms with Gasteiger partial charge in [-0.15, -0.1) is 0 Å². The van der Waals surface area contributed by atoms with Crippen molar-refractivity contribution in [2.75, 3.05) is 51.4 Å². The minimum Gasteiger partial charge on any atom is -0.378 e. The standard InChI is InChI=1S/C16H29N5O3S/c1-4-17-16(18-6-8-24-9-10-25(3,22)23)21-7-5-14(13-21)15-11-19-20(2)12-15/h11-12,14H,4-10,13H2,1-3H3,(H,17,18). The summed E-state index contributed by atoms with van der Waals surface area (Å²) in [7, 11) is -1.03. The quantitative estimate of drug-likeness (QED) is 0.400. The van der Waals surface area contributed by atoms with E-state index in [0.29, 0.717) is 19.1 Å². The molecular formula is C16H29N5O3S. The van der Waals surface area contributed by atoms with Gasteiger partial charge in [-0.3, -0.25) is 9.67 Å². The van der Waals surface area contributed by atoms with Crippen molar-refractivity contribution >= 4 is 15.8 Å². The van der Waals surface area contributed by atoms with Gasteiger partial charge >= 0.3 is 0 Å². The van der Waals surface area contributed by atoms with Crippen LogP contribution in [0.2, 0.25) is 0 Å². The maximum Gasteiger partial charge on any atom is 0.194 e. The molecule has 1 atom stereocenters. The number of rotatable bonds is 8. The number of aliphatic imine (C=N–C) groups is 1. The molecule has 0 aromatic carbocycles. The summed E-state index contributed by atoms with van der Waals surface area (Å²) in [6, 6.07) is 0. The number of hydrogen-bond acceptors (Lipinski definition) is 5. The molecule has 142 valence electrons. The summed E-state index contributed by atoms with van der Waals surface area (Å²) in [6.07, 6.45) is 6.31. The molecule has 0 saturated carbocycles. The van der Waals surface area contributed by atoms with E-state index in [0.717, 1.165) is 32.0 Å². The second-order valence-corrected chi connectivity index (χ2v) is 8.62. The fraction of sp³-hybridized carbons (Fsp3) is 0.750. The third-order valence-electron chi connectivity index (χ3n) is 4.11. The number of ether oxygens (including phenoxy) is 1. The van der Waals surface area contributed by atoms with Gasteiger partial charge in [-0.05, 0) is 18.9 Å². The fourth-order valence-corrected chi connectivity index (χ4v) is 3.25. The van der Waals surface area contributed by atoms with Crippen LogP contribution in [0, 0.1) is 0 Å². The van der Waals surface area contributed by atoms with Gasteiger partial charge in [0.1, 0.15) is 9.84 Å². The zero-order valence-corrected chi connectivity index (χ0v) is 16.1. The Labute approximate surface area is 150 Å². The van der Waals surface area contributed by atoms with Crippen molar-refractivity contribution < 1.29 is 13.2 Å². The number of aromatic nitrogens is 2. The van der Waals surface area contributed by atoms with E-state index in [9.17, 15) is 8.42 Å². The summed E-state index contributed by atoms with van der Waals surface area (Å²) in [5.41, 5.74) is 1.27. The molecule has 0 aliphatic carbocycles. The molecule has 1 aliphatic heterocycles. The topological polar surface area (TPSA) is 88.8 Å².